The predicted octanol–water partition coefficient (Wildman–Crippen LogP) is -10.7. The minimum absolute atomic E-state index is 0. The third-order valence-electron chi connectivity index (χ3n) is 2.82. The second kappa shape index (κ2) is 14.7. The molecule has 0 aromatic carbocycles. The van der Waals surface area contributed by atoms with E-state index in [1.54, 1.807) is 0 Å². The van der Waals surface area contributed by atoms with Crippen LogP contribution >= 0.6 is 0 Å². The molecule has 13 nitrogen and oxygen atoms in total. The third kappa shape index (κ3) is 11.7. The van der Waals surface area contributed by atoms with Crippen molar-refractivity contribution in [2.24, 2.45) is 0 Å². The maximum absolute atomic E-state index is 12.0. The van der Waals surface area contributed by atoms with E-state index in [4.69, 9.17) is 25.5 Å². The van der Waals surface area contributed by atoms with Crippen LogP contribution in [0, 0.1) is 0 Å². The van der Waals surface area contributed by atoms with E-state index < -0.39 is 72.7 Å². The number of esters is 1. The number of aliphatic hydroxyl groups is 1. The zero-order chi connectivity index (χ0) is 20.0. The minimum Gasteiger partial charge on any atom is -1.00 e. The van der Waals surface area contributed by atoms with Gasteiger partial charge in [0, 0.05) is 0 Å². The fraction of sp³-hybridized carbons (Fsp3) is 0.500. The normalized spacial score (nSPS) is 10.2. The van der Waals surface area contributed by atoms with Crippen molar-refractivity contribution < 1.29 is 157 Å². The van der Waals surface area contributed by atoms with Crippen LogP contribution in [-0.4, -0.2) is 77.7 Å². The Kier molecular flexibility index (Phi) is 18.5. The van der Waals surface area contributed by atoms with Gasteiger partial charge in [-0.15, -0.1) is 0 Å². The van der Waals surface area contributed by atoms with Crippen molar-refractivity contribution in [1.82, 2.24) is 0 Å². The van der Waals surface area contributed by atoms with Gasteiger partial charge in [0.2, 0.25) is 5.60 Å². The molecule has 0 bridgehead atoms. The SMILES string of the molecule is O=C(O)CC(O)(CC(=O)O)C(=O)OC(CC(=O)O)(CC(=O)O)C(=O)O.[H-].[H-].[H-].[Na+].[Na+].[Na+]. The summed E-state index contributed by atoms with van der Waals surface area (Å²) in [7, 11) is 0. The van der Waals surface area contributed by atoms with Crippen molar-refractivity contribution in [1.29, 1.82) is 0 Å². The molecule has 0 spiro atoms. The first-order chi connectivity index (χ1) is 11.2. The Balaban J connectivity index is -0.000000192. The molecule has 0 saturated carbocycles. The molecule has 0 amide bonds. The molecule has 0 radical (unpaired) electrons. The van der Waals surface area contributed by atoms with E-state index in [1.807, 2.05) is 0 Å². The van der Waals surface area contributed by atoms with Gasteiger partial charge in [-0.25, -0.2) is 9.59 Å². The summed E-state index contributed by atoms with van der Waals surface area (Å²) in [6, 6.07) is 0. The van der Waals surface area contributed by atoms with E-state index in [2.05, 4.69) is 4.74 Å². The first-order valence-electron chi connectivity index (χ1n) is 6.30. The number of aliphatic carboxylic acids is 5. The standard InChI is InChI=1S/C12H14O13.3Na.3H/c13-5(14)1-11(24,2-6(15)16)10(23)25-12(9(21)22,3-7(17)18)4-8(19)20;;;;;;/h24H,1-4H2,(H,13,14)(H,15,16)(H,17,18)(H,19,20)(H,21,22);;;;;;/q;3*+1;3*-1. The molecule has 0 fully saturated rings. The van der Waals surface area contributed by atoms with Crippen LogP contribution in [-0.2, 0) is 33.5 Å². The van der Waals surface area contributed by atoms with E-state index in [0.717, 1.165) is 0 Å². The van der Waals surface area contributed by atoms with Gasteiger partial charge >= 0.3 is 124 Å². The van der Waals surface area contributed by atoms with Gasteiger partial charge in [0.05, 0.1) is 25.7 Å². The Bertz CT molecular complexity index is 600. The Labute approximate surface area is 227 Å². The quantitative estimate of drug-likeness (QED) is 0.130. The second-order valence-electron chi connectivity index (χ2n) is 5.00. The summed E-state index contributed by atoms with van der Waals surface area (Å²) in [5.41, 5.74) is -6.42. The summed E-state index contributed by atoms with van der Waals surface area (Å²) in [5.74, 6) is -11.7. The van der Waals surface area contributed by atoms with Crippen LogP contribution < -0.4 is 88.7 Å². The topological polar surface area (TPSA) is 233 Å². The van der Waals surface area contributed by atoms with Crippen molar-refractivity contribution in [3.05, 3.63) is 0 Å². The van der Waals surface area contributed by atoms with Crippen LogP contribution in [0.3, 0.4) is 0 Å². The second-order valence-corrected chi connectivity index (χ2v) is 5.00. The molecule has 16 heteroatoms. The summed E-state index contributed by atoms with van der Waals surface area (Å²) in [6.45, 7) is 0. The molecule has 0 aliphatic carbocycles. The Hall–Kier alpha value is -0.220. The summed E-state index contributed by atoms with van der Waals surface area (Å²) < 4.78 is 4.31. The minimum atomic E-state index is -3.24. The average molecular weight is 438 g/mol. The monoisotopic (exact) mass is 438 g/mol. The Morgan fingerprint density at radius 3 is 1.14 bits per heavy atom. The van der Waals surface area contributed by atoms with Crippen molar-refractivity contribution in [3.63, 3.8) is 0 Å². The molecule has 0 aromatic heterocycles. The maximum Gasteiger partial charge on any atom is 1.00 e. The maximum atomic E-state index is 12.0. The number of carboxylic acid groups (broad SMARTS) is 5. The van der Waals surface area contributed by atoms with Gasteiger partial charge in [0.15, 0.2) is 5.60 Å². The van der Waals surface area contributed by atoms with Gasteiger partial charge in [-0.1, -0.05) is 0 Å². The van der Waals surface area contributed by atoms with Crippen molar-refractivity contribution >= 4 is 35.8 Å². The smallest absolute Gasteiger partial charge is 1.00 e. The molecule has 28 heavy (non-hydrogen) atoms. The van der Waals surface area contributed by atoms with E-state index in [0.29, 0.717) is 0 Å². The largest absolute Gasteiger partial charge is 1.00 e. The van der Waals surface area contributed by atoms with E-state index in [1.165, 1.54) is 0 Å². The third-order valence-corrected chi connectivity index (χ3v) is 2.82. The zero-order valence-corrected chi connectivity index (χ0v) is 21.4. The van der Waals surface area contributed by atoms with Gasteiger partial charge in [-0.2, -0.15) is 0 Å². The van der Waals surface area contributed by atoms with Gasteiger partial charge in [0.25, 0.3) is 0 Å². The first kappa shape index (κ1) is 35.2. The molecular formula is C12H17Na3O13. The summed E-state index contributed by atoms with van der Waals surface area (Å²) in [4.78, 5) is 66.2. The molecule has 0 unspecified atom stereocenters. The predicted molar refractivity (Wildman–Crippen MR) is 73.8 cm³/mol. The average Bonchev–Trinajstić information content (AvgIpc) is 2.34. The fourth-order valence-electron chi connectivity index (χ4n) is 1.80. The zero-order valence-electron chi connectivity index (χ0n) is 18.4. The number of rotatable bonds is 11. The van der Waals surface area contributed by atoms with E-state index >= 15 is 0 Å². The molecule has 0 saturated heterocycles. The van der Waals surface area contributed by atoms with Crippen LogP contribution in [0.5, 0.6) is 0 Å². The van der Waals surface area contributed by atoms with Crippen LogP contribution in [0.15, 0.2) is 0 Å². The Morgan fingerprint density at radius 2 is 0.929 bits per heavy atom. The van der Waals surface area contributed by atoms with Crippen molar-refractivity contribution in [3.8, 4) is 0 Å². The summed E-state index contributed by atoms with van der Waals surface area (Å²) >= 11 is 0. The molecule has 146 valence electrons. The van der Waals surface area contributed by atoms with Gasteiger partial charge in [0.1, 0.15) is 0 Å². The van der Waals surface area contributed by atoms with Crippen LogP contribution in [0.25, 0.3) is 0 Å². The van der Waals surface area contributed by atoms with Crippen molar-refractivity contribution in [2.45, 2.75) is 36.9 Å². The van der Waals surface area contributed by atoms with Gasteiger partial charge in [-0.05, 0) is 0 Å². The molecule has 0 aromatic rings. The van der Waals surface area contributed by atoms with Crippen LogP contribution in [0.4, 0.5) is 0 Å². The molecule has 0 aliphatic heterocycles. The van der Waals surface area contributed by atoms with Gasteiger partial charge in [-0.3, -0.25) is 19.2 Å². The Morgan fingerprint density at radius 1 is 0.643 bits per heavy atom. The molecule has 6 N–H and O–H groups in total. The molecule has 0 aliphatic rings. The number of ether oxygens (including phenoxy) is 1. The molecular weight excluding hydrogens is 421 g/mol. The molecule has 0 rings (SSSR count). The van der Waals surface area contributed by atoms with Crippen molar-refractivity contribution in [2.75, 3.05) is 0 Å². The molecule has 0 atom stereocenters. The number of hydrogen-bond acceptors (Lipinski definition) is 8. The van der Waals surface area contributed by atoms with Gasteiger partial charge < -0.3 is 39.7 Å². The first-order valence-corrected chi connectivity index (χ1v) is 6.30. The summed E-state index contributed by atoms with van der Waals surface area (Å²) in [5, 5.41) is 53.7. The number of hydrogen-bond donors (Lipinski definition) is 6. The van der Waals surface area contributed by atoms with E-state index in [9.17, 15) is 33.9 Å². The summed E-state index contributed by atoms with van der Waals surface area (Å²) in [6.07, 6.45) is -6.07. The molecule has 0 heterocycles. The fourth-order valence-corrected chi connectivity index (χ4v) is 1.80. The number of carboxylic acids is 5. The number of carbonyl (C=O) groups is 6. The van der Waals surface area contributed by atoms with E-state index in [-0.39, 0.29) is 93.0 Å². The van der Waals surface area contributed by atoms with Crippen LogP contribution in [0.2, 0.25) is 0 Å². The van der Waals surface area contributed by atoms with Crippen LogP contribution in [0.1, 0.15) is 30.0 Å². The number of carbonyl (C=O) groups excluding carboxylic acids is 1.